The zero-order valence-corrected chi connectivity index (χ0v) is 11.4. The normalized spacial score (nSPS) is 14.2. The zero-order chi connectivity index (χ0) is 15.6. The Kier molecular flexibility index (Phi) is 4.06. The molecule has 0 bridgehead atoms. The van der Waals surface area contributed by atoms with Crippen molar-refractivity contribution in [1.82, 2.24) is 0 Å². The Morgan fingerprint density at radius 1 is 1.57 bits per heavy atom. The number of rotatable bonds is 6. The fraction of sp³-hybridized carbons (Fsp3) is 0.385. The number of carboxylic acids is 1. The van der Waals surface area contributed by atoms with E-state index in [0.717, 1.165) is 0 Å². The van der Waals surface area contributed by atoms with Crippen LogP contribution in [0.2, 0.25) is 0 Å². The van der Waals surface area contributed by atoms with Gasteiger partial charge in [0.05, 0.1) is 11.3 Å². The Balaban J connectivity index is 2.38. The number of nitrogens with one attached hydrogen (secondary N) is 2. The fourth-order valence-corrected chi connectivity index (χ4v) is 2.26. The van der Waals surface area contributed by atoms with Crippen molar-refractivity contribution in [1.29, 1.82) is 0 Å². The maximum atomic E-state index is 11.3. The molecular weight excluding hydrogens is 278 g/mol. The minimum Gasteiger partial charge on any atom is -0.480 e. The van der Waals surface area contributed by atoms with Crippen LogP contribution in [-0.4, -0.2) is 27.9 Å². The van der Waals surface area contributed by atoms with Crippen molar-refractivity contribution in [3.05, 3.63) is 27.8 Å². The Bertz CT molecular complexity index is 614. The Hall–Kier alpha value is -2.64. The summed E-state index contributed by atoms with van der Waals surface area (Å²) in [4.78, 5) is 33.0. The van der Waals surface area contributed by atoms with Gasteiger partial charge in [0, 0.05) is 11.8 Å². The highest BCUT2D eigenvalue weighted by Gasteiger charge is 2.27. The van der Waals surface area contributed by atoms with Crippen LogP contribution in [0.1, 0.15) is 25.3 Å². The van der Waals surface area contributed by atoms with E-state index < -0.39 is 16.9 Å². The lowest BCUT2D eigenvalue weighted by molar-refractivity contribution is -0.384. The number of nitro benzene ring substituents is 1. The topological polar surface area (TPSA) is 122 Å². The SMILES string of the molecule is CCCC(Nc1cc2c(cc1[N+](=O)[O-])CC(=O)N2)C(=O)O. The van der Waals surface area contributed by atoms with E-state index in [-0.39, 0.29) is 23.7 Å². The van der Waals surface area contributed by atoms with Crippen LogP contribution in [0, 0.1) is 10.1 Å². The molecule has 1 amide bonds. The smallest absolute Gasteiger partial charge is 0.326 e. The standard InChI is InChI=1S/C13H15N3O5/c1-2-3-8(13(18)19)14-10-6-9-7(5-12(17)15-9)4-11(10)16(20)21/h4,6,8,14H,2-3,5H2,1H3,(H,15,17)(H,18,19). The second-order valence-electron chi connectivity index (χ2n) is 4.83. The first-order valence-electron chi connectivity index (χ1n) is 6.53. The molecule has 1 atom stereocenters. The van der Waals surface area contributed by atoms with Gasteiger partial charge in [-0.25, -0.2) is 4.79 Å². The average molecular weight is 293 g/mol. The van der Waals surface area contributed by atoms with Crippen LogP contribution in [0.25, 0.3) is 0 Å². The van der Waals surface area contributed by atoms with Gasteiger partial charge < -0.3 is 15.7 Å². The molecule has 0 saturated heterocycles. The first-order chi connectivity index (χ1) is 9.92. The summed E-state index contributed by atoms with van der Waals surface area (Å²) in [6.45, 7) is 1.83. The van der Waals surface area contributed by atoms with Crippen LogP contribution >= 0.6 is 0 Å². The van der Waals surface area contributed by atoms with Gasteiger partial charge in [0.25, 0.3) is 5.69 Å². The van der Waals surface area contributed by atoms with Crippen molar-refractivity contribution in [2.45, 2.75) is 32.2 Å². The first-order valence-corrected chi connectivity index (χ1v) is 6.53. The van der Waals surface area contributed by atoms with E-state index in [1.54, 1.807) is 0 Å². The van der Waals surface area contributed by atoms with Gasteiger partial charge in [-0.2, -0.15) is 0 Å². The number of anilines is 2. The van der Waals surface area contributed by atoms with E-state index in [0.29, 0.717) is 24.1 Å². The second-order valence-corrected chi connectivity index (χ2v) is 4.83. The number of hydrogen-bond donors (Lipinski definition) is 3. The van der Waals surface area contributed by atoms with Crippen LogP contribution in [-0.2, 0) is 16.0 Å². The van der Waals surface area contributed by atoms with Gasteiger partial charge >= 0.3 is 5.97 Å². The van der Waals surface area contributed by atoms with Crippen molar-refractivity contribution >= 4 is 28.9 Å². The third kappa shape index (κ3) is 3.10. The maximum Gasteiger partial charge on any atom is 0.326 e. The van der Waals surface area contributed by atoms with Gasteiger partial charge in [-0.3, -0.25) is 14.9 Å². The molecule has 21 heavy (non-hydrogen) atoms. The van der Waals surface area contributed by atoms with Gasteiger partial charge in [0.2, 0.25) is 5.91 Å². The van der Waals surface area contributed by atoms with E-state index in [1.165, 1.54) is 12.1 Å². The molecule has 1 aliphatic heterocycles. The van der Waals surface area contributed by atoms with Crippen LogP contribution in [0.4, 0.5) is 17.1 Å². The molecule has 0 fully saturated rings. The lowest BCUT2D eigenvalue weighted by Gasteiger charge is -2.15. The van der Waals surface area contributed by atoms with Gasteiger partial charge in [-0.15, -0.1) is 0 Å². The first kappa shape index (κ1) is 14.8. The maximum absolute atomic E-state index is 11.3. The van der Waals surface area contributed by atoms with Crippen molar-refractivity contribution in [3.8, 4) is 0 Å². The molecule has 1 aromatic carbocycles. The highest BCUT2D eigenvalue weighted by Crippen LogP contribution is 2.35. The van der Waals surface area contributed by atoms with E-state index in [9.17, 15) is 19.7 Å². The third-order valence-electron chi connectivity index (χ3n) is 3.25. The third-order valence-corrected chi connectivity index (χ3v) is 3.25. The molecule has 1 aliphatic rings. The molecule has 0 radical (unpaired) electrons. The van der Waals surface area contributed by atoms with Crippen molar-refractivity contribution in [3.63, 3.8) is 0 Å². The summed E-state index contributed by atoms with van der Waals surface area (Å²) >= 11 is 0. The highest BCUT2D eigenvalue weighted by molar-refractivity contribution is 6.00. The number of carbonyl (C=O) groups excluding carboxylic acids is 1. The zero-order valence-electron chi connectivity index (χ0n) is 11.4. The summed E-state index contributed by atoms with van der Waals surface area (Å²) in [6.07, 6.45) is 1.06. The fourth-order valence-electron chi connectivity index (χ4n) is 2.26. The van der Waals surface area contributed by atoms with E-state index in [4.69, 9.17) is 5.11 Å². The molecule has 3 N–H and O–H groups in total. The number of benzene rings is 1. The number of carboxylic acid groups (broad SMARTS) is 1. The van der Waals surface area contributed by atoms with E-state index in [1.807, 2.05) is 6.92 Å². The summed E-state index contributed by atoms with van der Waals surface area (Å²) in [5.41, 5.74) is 0.891. The summed E-state index contributed by atoms with van der Waals surface area (Å²) < 4.78 is 0. The number of carbonyl (C=O) groups is 2. The van der Waals surface area contributed by atoms with Crippen LogP contribution in [0.3, 0.4) is 0 Å². The molecule has 1 unspecified atom stereocenters. The summed E-state index contributed by atoms with van der Waals surface area (Å²) in [6, 6.07) is 1.81. The number of hydrogen-bond acceptors (Lipinski definition) is 5. The number of amides is 1. The van der Waals surface area contributed by atoms with Gasteiger partial charge in [0.1, 0.15) is 11.7 Å². The molecular formula is C13H15N3O5. The van der Waals surface area contributed by atoms with Gasteiger partial charge in [-0.05, 0) is 18.1 Å². The number of nitro groups is 1. The highest BCUT2D eigenvalue weighted by atomic mass is 16.6. The molecule has 2 rings (SSSR count). The van der Waals surface area contributed by atoms with Crippen molar-refractivity contribution in [2.24, 2.45) is 0 Å². The lowest BCUT2D eigenvalue weighted by atomic mass is 10.1. The molecule has 0 saturated carbocycles. The number of aliphatic carboxylic acids is 1. The summed E-state index contributed by atoms with van der Waals surface area (Å²) in [7, 11) is 0. The quantitative estimate of drug-likeness (QED) is 0.542. The van der Waals surface area contributed by atoms with Gasteiger partial charge in [-0.1, -0.05) is 13.3 Å². The molecule has 8 nitrogen and oxygen atoms in total. The Morgan fingerprint density at radius 3 is 2.86 bits per heavy atom. The molecule has 1 heterocycles. The number of fused-ring (bicyclic) bond motifs is 1. The predicted molar refractivity (Wildman–Crippen MR) is 75.4 cm³/mol. The van der Waals surface area contributed by atoms with Crippen molar-refractivity contribution in [2.75, 3.05) is 10.6 Å². The Morgan fingerprint density at radius 2 is 2.29 bits per heavy atom. The molecule has 0 spiro atoms. The molecule has 112 valence electrons. The predicted octanol–water partition coefficient (Wildman–Crippen LogP) is 1.75. The van der Waals surface area contributed by atoms with Gasteiger partial charge in [0.15, 0.2) is 0 Å². The number of nitrogens with zero attached hydrogens (tertiary/aromatic N) is 1. The molecule has 0 aliphatic carbocycles. The molecule has 0 aromatic heterocycles. The average Bonchev–Trinajstić information content (AvgIpc) is 2.76. The van der Waals surface area contributed by atoms with E-state index in [2.05, 4.69) is 10.6 Å². The largest absolute Gasteiger partial charge is 0.480 e. The van der Waals surface area contributed by atoms with Crippen LogP contribution in [0.15, 0.2) is 12.1 Å². The van der Waals surface area contributed by atoms with Crippen LogP contribution in [0.5, 0.6) is 0 Å². The minimum absolute atomic E-state index is 0.0910. The van der Waals surface area contributed by atoms with Crippen LogP contribution < -0.4 is 10.6 Å². The molecule has 1 aromatic rings. The lowest BCUT2D eigenvalue weighted by Crippen LogP contribution is -2.29. The summed E-state index contributed by atoms with van der Waals surface area (Å²) in [5, 5.41) is 25.5. The monoisotopic (exact) mass is 293 g/mol. The Labute approximate surface area is 120 Å². The minimum atomic E-state index is -1.07. The second kappa shape index (κ2) is 5.78. The van der Waals surface area contributed by atoms with Crippen molar-refractivity contribution < 1.29 is 19.6 Å². The molecule has 8 heteroatoms. The summed E-state index contributed by atoms with van der Waals surface area (Å²) in [5.74, 6) is -1.31. The van der Waals surface area contributed by atoms with E-state index >= 15 is 0 Å².